The van der Waals surface area contributed by atoms with Gasteiger partial charge in [0.25, 0.3) is 0 Å². The second-order valence-corrected chi connectivity index (χ2v) is 8.07. The van der Waals surface area contributed by atoms with Crippen LogP contribution < -0.4 is 0 Å². The molecule has 0 heterocycles. The molecule has 1 atom stereocenters. The molecule has 0 aliphatic heterocycles. The van der Waals surface area contributed by atoms with Gasteiger partial charge in [0.1, 0.15) is 0 Å². The Morgan fingerprint density at radius 2 is 1.67 bits per heavy atom. The topological polar surface area (TPSA) is 57.9 Å². The van der Waals surface area contributed by atoms with Crippen molar-refractivity contribution in [3.8, 4) is 6.07 Å². The van der Waals surface area contributed by atoms with Crippen molar-refractivity contribution >= 4 is 9.84 Å². The Balaban J connectivity index is 4.63. The van der Waals surface area contributed by atoms with Crippen molar-refractivity contribution in [1.29, 1.82) is 5.26 Å². The molecule has 3 nitrogen and oxygen atoms in total. The average molecular weight is 231 g/mol. The molecule has 0 amide bonds. The lowest BCUT2D eigenvalue weighted by molar-refractivity contribution is 0.407. The molecule has 0 aliphatic carbocycles. The van der Waals surface area contributed by atoms with Gasteiger partial charge in [-0.2, -0.15) is 5.26 Å². The SMILES string of the molecule is CCC(C)(C#N)CCS(=O)(=O)C(C)(C)C. The van der Waals surface area contributed by atoms with Gasteiger partial charge in [-0.15, -0.1) is 0 Å². The highest BCUT2D eigenvalue weighted by atomic mass is 32.2. The summed E-state index contributed by atoms with van der Waals surface area (Å²) < 4.78 is 22.9. The van der Waals surface area contributed by atoms with Crippen LogP contribution in [0.2, 0.25) is 0 Å². The maximum absolute atomic E-state index is 11.8. The molecule has 0 radical (unpaired) electrons. The van der Waals surface area contributed by atoms with Gasteiger partial charge in [-0.25, -0.2) is 8.42 Å². The number of nitrogens with zero attached hydrogens (tertiary/aromatic N) is 1. The quantitative estimate of drug-likeness (QED) is 0.747. The average Bonchev–Trinajstić information content (AvgIpc) is 2.13. The molecule has 0 rings (SSSR count). The van der Waals surface area contributed by atoms with E-state index in [4.69, 9.17) is 5.26 Å². The monoisotopic (exact) mass is 231 g/mol. The molecule has 0 aromatic carbocycles. The Labute approximate surface area is 93.4 Å². The lowest BCUT2D eigenvalue weighted by Crippen LogP contribution is -2.32. The van der Waals surface area contributed by atoms with Crippen LogP contribution in [0.4, 0.5) is 0 Å². The van der Waals surface area contributed by atoms with E-state index in [-0.39, 0.29) is 5.75 Å². The largest absolute Gasteiger partial charge is 0.228 e. The molecular formula is C11H21NO2S. The Morgan fingerprint density at radius 3 is 1.93 bits per heavy atom. The van der Waals surface area contributed by atoms with Crippen molar-refractivity contribution in [3.63, 3.8) is 0 Å². The first kappa shape index (κ1) is 14.4. The molecule has 0 N–H and O–H groups in total. The summed E-state index contributed by atoms with van der Waals surface area (Å²) in [6.45, 7) is 8.80. The van der Waals surface area contributed by atoms with Gasteiger partial charge in [0.2, 0.25) is 0 Å². The normalized spacial score (nSPS) is 16.8. The fraction of sp³-hybridized carbons (Fsp3) is 0.909. The van der Waals surface area contributed by atoms with Crippen molar-refractivity contribution in [2.75, 3.05) is 5.75 Å². The van der Waals surface area contributed by atoms with Crippen LogP contribution in [0.3, 0.4) is 0 Å². The highest BCUT2D eigenvalue weighted by molar-refractivity contribution is 7.92. The second kappa shape index (κ2) is 4.52. The van der Waals surface area contributed by atoms with E-state index in [0.717, 1.165) is 0 Å². The third-order valence-corrected chi connectivity index (χ3v) is 5.51. The Bertz CT molecular complexity index is 346. The van der Waals surface area contributed by atoms with Crippen molar-refractivity contribution in [2.24, 2.45) is 5.41 Å². The Kier molecular flexibility index (Phi) is 4.36. The van der Waals surface area contributed by atoms with Gasteiger partial charge in [-0.05, 0) is 40.5 Å². The maximum Gasteiger partial charge on any atom is 0.155 e. The molecule has 0 saturated heterocycles. The highest BCUT2D eigenvalue weighted by Gasteiger charge is 2.32. The zero-order valence-corrected chi connectivity index (χ0v) is 11.1. The number of nitriles is 1. The smallest absolute Gasteiger partial charge is 0.155 e. The van der Waals surface area contributed by atoms with Gasteiger partial charge in [0, 0.05) is 0 Å². The molecule has 0 fully saturated rings. The molecule has 88 valence electrons. The van der Waals surface area contributed by atoms with Gasteiger partial charge < -0.3 is 0 Å². The summed E-state index contributed by atoms with van der Waals surface area (Å²) in [7, 11) is -3.10. The van der Waals surface area contributed by atoms with Crippen molar-refractivity contribution < 1.29 is 8.42 Å². The molecule has 0 spiro atoms. The minimum atomic E-state index is -3.10. The molecule has 0 aromatic heterocycles. The second-order valence-electron chi connectivity index (χ2n) is 5.21. The number of hydrogen-bond donors (Lipinski definition) is 0. The third kappa shape index (κ3) is 3.83. The molecule has 1 unspecified atom stereocenters. The van der Waals surface area contributed by atoms with Crippen LogP contribution in [0, 0.1) is 16.7 Å². The van der Waals surface area contributed by atoms with Gasteiger partial charge in [0.15, 0.2) is 9.84 Å². The minimum Gasteiger partial charge on any atom is -0.228 e. The number of sulfone groups is 1. The summed E-state index contributed by atoms with van der Waals surface area (Å²) in [6, 6.07) is 2.19. The fourth-order valence-electron chi connectivity index (χ4n) is 0.978. The van der Waals surface area contributed by atoms with Crippen LogP contribution in [0.1, 0.15) is 47.5 Å². The van der Waals surface area contributed by atoms with Crippen molar-refractivity contribution in [1.82, 2.24) is 0 Å². The highest BCUT2D eigenvalue weighted by Crippen LogP contribution is 2.27. The van der Waals surface area contributed by atoms with Crippen LogP contribution >= 0.6 is 0 Å². The molecule has 0 bridgehead atoms. The van der Waals surface area contributed by atoms with E-state index in [1.54, 1.807) is 20.8 Å². The summed E-state index contributed by atoms with van der Waals surface area (Å²) in [4.78, 5) is 0. The Hall–Kier alpha value is -0.560. The molecular weight excluding hydrogens is 210 g/mol. The molecule has 4 heteroatoms. The van der Waals surface area contributed by atoms with Gasteiger partial charge in [-0.3, -0.25) is 0 Å². The minimum absolute atomic E-state index is 0.0917. The number of hydrogen-bond acceptors (Lipinski definition) is 3. The Morgan fingerprint density at radius 1 is 1.20 bits per heavy atom. The van der Waals surface area contributed by atoms with Crippen LogP contribution in [0.5, 0.6) is 0 Å². The summed E-state index contributed by atoms with van der Waals surface area (Å²) in [5.74, 6) is 0.0917. The van der Waals surface area contributed by atoms with E-state index in [2.05, 4.69) is 6.07 Å². The van der Waals surface area contributed by atoms with E-state index in [9.17, 15) is 8.42 Å². The maximum atomic E-state index is 11.8. The molecule has 0 saturated carbocycles. The van der Waals surface area contributed by atoms with Gasteiger partial charge in [0.05, 0.1) is 22.0 Å². The van der Waals surface area contributed by atoms with E-state index in [0.29, 0.717) is 12.8 Å². The summed E-state index contributed by atoms with van der Waals surface area (Å²) in [5.41, 5.74) is -0.516. The van der Waals surface area contributed by atoms with Crippen molar-refractivity contribution in [3.05, 3.63) is 0 Å². The van der Waals surface area contributed by atoms with Crippen molar-refractivity contribution in [2.45, 2.75) is 52.2 Å². The van der Waals surface area contributed by atoms with Crippen LogP contribution in [-0.4, -0.2) is 18.9 Å². The summed E-state index contributed by atoms with van der Waals surface area (Å²) in [6.07, 6.45) is 1.10. The van der Waals surface area contributed by atoms with Gasteiger partial charge >= 0.3 is 0 Å². The van der Waals surface area contributed by atoms with Crippen LogP contribution in [0.25, 0.3) is 0 Å². The standard InChI is InChI=1S/C11H21NO2S/c1-6-11(5,9-12)7-8-15(13,14)10(2,3)4/h6-8H2,1-5H3. The molecule has 0 aromatic rings. The van der Waals surface area contributed by atoms with E-state index in [1.807, 2.05) is 13.8 Å². The summed E-state index contributed by atoms with van der Waals surface area (Å²) in [5, 5.41) is 8.94. The first-order valence-corrected chi connectivity index (χ1v) is 6.87. The molecule has 15 heavy (non-hydrogen) atoms. The summed E-state index contributed by atoms with van der Waals surface area (Å²) >= 11 is 0. The molecule has 0 aliphatic rings. The van der Waals surface area contributed by atoms with E-state index < -0.39 is 20.0 Å². The van der Waals surface area contributed by atoms with Crippen LogP contribution in [-0.2, 0) is 9.84 Å². The van der Waals surface area contributed by atoms with E-state index in [1.165, 1.54) is 0 Å². The predicted molar refractivity (Wildman–Crippen MR) is 62.2 cm³/mol. The first-order chi connectivity index (χ1) is 6.58. The van der Waals surface area contributed by atoms with Crippen LogP contribution in [0.15, 0.2) is 0 Å². The third-order valence-electron chi connectivity index (χ3n) is 2.91. The fourth-order valence-corrected chi connectivity index (χ4v) is 2.31. The predicted octanol–water partition coefficient (Wildman–Crippen LogP) is 2.53. The number of rotatable bonds is 4. The van der Waals surface area contributed by atoms with Gasteiger partial charge in [-0.1, -0.05) is 6.92 Å². The zero-order valence-electron chi connectivity index (χ0n) is 10.3. The zero-order chi connectivity index (χ0) is 12.3. The first-order valence-electron chi connectivity index (χ1n) is 5.21. The van der Waals surface area contributed by atoms with E-state index >= 15 is 0 Å². The lowest BCUT2D eigenvalue weighted by atomic mass is 9.87. The lowest BCUT2D eigenvalue weighted by Gasteiger charge is -2.23.